The summed E-state index contributed by atoms with van der Waals surface area (Å²) in [7, 11) is 0. The molecule has 39 heavy (non-hydrogen) atoms. The van der Waals surface area contributed by atoms with Gasteiger partial charge in [0.25, 0.3) is 0 Å². The molecule has 0 amide bonds. The van der Waals surface area contributed by atoms with Crippen LogP contribution in [0.15, 0.2) is 71.7 Å². The Morgan fingerprint density at radius 3 is 2.31 bits per heavy atom. The second-order valence-electron chi connectivity index (χ2n) is 9.28. The van der Waals surface area contributed by atoms with E-state index in [0.717, 1.165) is 17.8 Å². The monoisotopic (exact) mass is 537 g/mol. The van der Waals surface area contributed by atoms with Crippen LogP contribution in [0.2, 0.25) is 0 Å². The minimum atomic E-state index is -4.60. The number of aliphatic imine (C=N–C) groups is 1. The Labute approximate surface area is 221 Å². The molecule has 1 saturated heterocycles. The van der Waals surface area contributed by atoms with Crippen molar-refractivity contribution >= 4 is 29.0 Å². The summed E-state index contributed by atoms with van der Waals surface area (Å²) in [4.78, 5) is 22.3. The predicted molar refractivity (Wildman–Crippen MR) is 137 cm³/mol. The van der Waals surface area contributed by atoms with Gasteiger partial charge in [0, 0.05) is 43.1 Å². The zero-order valence-electron chi connectivity index (χ0n) is 20.6. The summed E-state index contributed by atoms with van der Waals surface area (Å²) in [5, 5.41) is 19.2. The van der Waals surface area contributed by atoms with Crippen LogP contribution in [-0.2, 0) is 11.0 Å². The Bertz CT molecular complexity index is 1460. The van der Waals surface area contributed by atoms with Crippen molar-refractivity contribution in [3.8, 4) is 6.07 Å². The van der Waals surface area contributed by atoms with Gasteiger partial charge in [-0.15, -0.1) is 0 Å². The van der Waals surface area contributed by atoms with Crippen LogP contribution >= 0.6 is 0 Å². The number of alkyl halides is 3. The maximum atomic E-state index is 13.6. The molecule has 3 aromatic carbocycles. The van der Waals surface area contributed by atoms with Crippen LogP contribution in [0, 0.1) is 17.1 Å². The van der Waals surface area contributed by atoms with Gasteiger partial charge in [-0.2, -0.15) is 18.4 Å². The van der Waals surface area contributed by atoms with E-state index < -0.39 is 30.2 Å². The van der Waals surface area contributed by atoms with E-state index in [1.165, 1.54) is 35.2 Å². The highest BCUT2D eigenvalue weighted by Gasteiger charge is 2.38. The lowest BCUT2D eigenvalue weighted by atomic mass is 9.95. The average molecular weight is 538 g/mol. The first-order chi connectivity index (χ1) is 18.6. The third-order valence-electron chi connectivity index (χ3n) is 6.84. The van der Waals surface area contributed by atoms with E-state index in [9.17, 15) is 32.7 Å². The minimum Gasteiger partial charge on any atom is -0.481 e. The molecule has 1 atom stereocenters. The molecular weight excluding hydrogens is 514 g/mol. The highest BCUT2D eigenvalue weighted by Crippen LogP contribution is 2.42. The predicted octanol–water partition coefficient (Wildman–Crippen LogP) is 5.56. The molecule has 5 rings (SSSR count). The summed E-state index contributed by atoms with van der Waals surface area (Å²) in [6.45, 7) is 1.95. The van der Waals surface area contributed by atoms with E-state index in [1.54, 1.807) is 24.3 Å². The Kier molecular flexibility index (Phi) is 6.87. The van der Waals surface area contributed by atoms with Gasteiger partial charge in [0.1, 0.15) is 5.82 Å². The molecule has 2 aliphatic rings. The van der Waals surface area contributed by atoms with Crippen molar-refractivity contribution in [2.75, 3.05) is 36.0 Å². The number of carboxylic acids is 1. The highest BCUT2D eigenvalue weighted by atomic mass is 19.4. The molecule has 0 bridgehead atoms. The molecule has 0 aromatic heterocycles. The third-order valence-corrected chi connectivity index (χ3v) is 6.84. The second-order valence-corrected chi connectivity index (χ2v) is 9.28. The number of fused-ring (bicyclic) bond motifs is 1. The minimum absolute atomic E-state index is 0.142. The molecule has 11 heteroatoms. The Morgan fingerprint density at radius 2 is 1.67 bits per heavy atom. The van der Waals surface area contributed by atoms with E-state index >= 15 is 0 Å². The molecule has 1 N–H and O–H groups in total. The molecule has 200 valence electrons. The maximum absolute atomic E-state index is 13.6. The Hall–Kier alpha value is -4.59. The van der Waals surface area contributed by atoms with Gasteiger partial charge in [0.2, 0.25) is 5.96 Å². The van der Waals surface area contributed by atoms with Crippen LogP contribution in [0.4, 0.5) is 34.6 Å². The number of hydrogen-bond donors (Lipinski definition) is 1. The molecular formula is C28H23F4N5O2. The fourth-order valence-electron chi connectivity index (χ4n) is 4.97. The lowest BCUT2D eigenvalue weighted by Crippen LogP contribution is -2.55. The molecule has 0 aliphatic carbocycles. The normalized spacial score (nSPS) is 17.4. The highest BCUT2D eigenvalue weighted by molar-refractivity contribution is 6.01. The van der Waals surface area contributed by atoms with Gasteiger partial charge in [-0.05, 0) is 60.7 Å². The summed E-state index contributed by atoms with van der Waals surface area (Å²) < 4.78 is 54.3. The molecule has 7 nitrogen and oxygen atoms in total. The summed E-state index contributed by atoms with van der Waals surface area (Å²) in [5.74, 6) is -1.16. The van der Waals surface area contributed by atoms with Crippen molar-refractivity contribution in [3.05, 3.63) is 89.2 Å². The standard InChI is InChI=1S/C28H23F4N5O2/c29-20-5-7-21(8-6-20)35-10-12-36(13-11-35)27-34-24-9-4-18(17-33)14-23(24)25(16-26(38)39)37(27)22-3-1-2-19(15-22)28(30,31)32/h1-9,14-15,25H,10-13,16H2,(H,38,39). The number of anilines is 2. The van der Waals surface area contributed by atoms with Crippen molar-refractivity contribution in [2.24, 2.45) is 4.99 Å². The fourth-order valence-corrected chi connectivity index (χ4v) is 4.97. The largest absolute Gasteiger partial charge is 0.481 e. The van der Waals surface area contributed by atoms with E-state index in [4.69, 9.17) is 4.99 Å². The average Bonchev–Trinajstić information content (AvgIpc) is 2.92. The van der Waals surface area contributed by atoms with E-state index in [0.29, 0.717) is 49.0 Å². The lowest BCUT2D eigenvalue weighted by Gasteiger charge is -2.45. The van der Waals surface area contributed by atoms with Crippen LogP contribution < -0.4 is 9.80 Å². The number of nitrogens with zero attached hydrogens (tertiary/aromatic N) is 5. The van der Waals surface area contributed by atoms with Crippen molar-refractivity contribution in [3.63, 3.8) is 0 Å². The second kappa shape index (κ2) is 10.3. The first kappa shape index (κ1) is 26.0. The number of benzene rings is 3. The van der Waals surface area contributed by atoms with E-state index in [-0.39, 0.29) is 11.5 Å². The first-order valence-corrected chi connectivity index (χ1v) is 12.2. The smallest absolute Gasteiger partial charge is 0.416 e. The molecule has 1 fully saturated rings. The summed E-state index contributed by atoms with van der Waals surface area (Å²) >= 11 is 0. The number of nitriles is 1. The molecule has 0 spiro atoms. The number of guanidine groups is 1. The van der Waals surface area contributed by atoms with Gasteiger partial charge >= 0.3 is 12.1 Å². The summed E-state index contributed by atoms with van der Waals surface area (Å²) in [6.07, 6.45) is -5.02. The molecule has 0 radical (unpaired) electrons. The molecule has 1 unspecified atom stereocenters. The molecule has 2 heterocycles. The van der Waals surface area contributed by atoms with Crippen LogP contribution in [0.1, 0.15) is 29.2 Å². The van der Waals surface area contributed by atoms with Gasteiger partial charge in [-0.1, -0.05) is 6.07 Å². The first-order valence-electron chi connectivity index (χ1n) is 12.2. The van der Waals surface area contributed by atoms with Gasteiger partial charge in [-0.3, -0.25) is 4.79 Å². The number of halogens is 4. The van der Waals surface area contributed by atoms with Gasteiger partial charge in [-0.25, -0.2) is 9.38 Å². The van der Waals surface area contributed by atoms with E-state index in [2.05, 4.69) is 4.90 Å². The number of hydrogen-bond acceptors (Lipinski definition) is 6. The SMILES string of the molecule is N#Cc1ccc2c(c1)C(CC(=O)O)N(c1cccc(C(F)(F)F)c1)C(N1CCN(c3ccc(F)cc3)CC1)=N2. The quantitative estimate of drug-likeness (QED) is 0.439. The van der Waals surface area contributed by atoms with E-state index in [1.807, 2.05) is 11.0 Å². The van der Waals surface area contributed by atoms with Crippen LogP contribution in [-0.4, -0.2) is 48.1 Å². The van der Waals surface area contributed by atoms with Crippen molar-refractivity contribution in [1.29, 1.82) is 5.26 Å². The molecule has 3 aromatic rings. The summed E-state index contributed by atoms with van der Waals surface area (Å²) in [6, 6.07) is 16.7. The number of carbonyl (C=O) groups is 1. The molecule has 0 saturated carbocycles. The topological polar surface area (TPSA) is 83.2 Å². The number of aliphatic carboxylic acids is 1. The summed E-state index contributed by atoms with van der Waals surface area (Å²) in [5.41, 5.74) is 1.31. The van der Waals surface area contributed by atoms with Gasteiger partial charge in [0.05, 0.1) is 35.3 Å². The van der Waals surface area contributed by atoms with Crippen LogP contribution in [0.25, 0.3) is 0 Å². The van der Waals surface area contributed by atoms with Gasteiger partial charge in [0.15, 0.2) is 0 Å². The number of rotatable bonds is 4. The zero-order chi connectivity index (χ0) is 27.7. The molecule has 2 aliphatic heterocycles. The zero-order valence-corrected chi connectivity index (χ0v) is 20.6. The number of carboxylic acid groups (broad SMARTS) is 1. The van der Waals surface area contributed by atoms with Crippen molar-refractivity contribution in [1.82, 2.24) is 4.90 Å². The third kappa shape index (κ3) is 5.36. The van der Waals surface area contributed by atoms with Gasteiger partial charge < -0.3 is 19.8 Å². The van der Waals surface area contributed by atoms with Crippen molar-refractivity contribution < 1.29 is 27.5 Å². The Balaban J connectivity index is 1.57. The number of piperazine rings is 1. The van der Waals surface area contributed by atoms with Crippen LogP contribution in [0.3, 0.4) is 0 Å². The van der Waals surface area contributed by atoms with Crippen LogP contribution in [0.5, 0.6) is 0 Å². The lowest BCUT2D eigenvalue weighted by molar-refractivity contribution is -0.138. The fraction of sp³-hybridized carbons (Fsp3) is 0.250. The van der Waals surface area contributed by atoms with Crippen molar-refractivity contribution in [2.45, 2.75) is 18.6 Å². The Morgan fingerprint density at radius 1 is 0.974 bits per heavy atom. The maximum Gasteiger partial charge on any atom is 0.416 e.